The lowest BCUT2D eigenvalue weighted by Gasteiger charge is -2.29. The molecule has 2 aromatic heterocycles. The highest BCUT2D eigenvalue weighted by Crippen LogP contribution is 2.32. The molecule has 0 radical (unpaired) electrons. The van der Waals surface area contributed by atoms with Crippen molar-refractivity contribution in [3.05, 3.63) is 54.2 Å². The van der Waals surface area contributed by atoms with Crippen molar-refractivity contribution in [1.82, 2.24) is 15.6 Å². The second kappa shape index (κ2) is 10.6. The first-order valence-electron chi connectivity index (χ1n) is 11.9. The molecular weight excluding hydrogens is 446 g/mol. The third-order valence-electron chi connectivity index (χ3n) is 6.14. The van der Waals surface area contributed by atoms with Gasteiger partial charge in [0.2, 0.25) is 0 Å². The second-order valence-electron chi connectivity index (χ2n) is 10.1. The zero-order valence-corrected chi connectivity index (χ0v) is 20.9. The fourth-order valence-corrected chi connectivity index (χ4v) is 5.32. The molecule has 0 atom stereocenters. The van der Waals surface area contributed by atoms with Crippen LogP contribution in [0.15, 0.2) is 48.7 Å². The number of benzene rings is 1. The highest BCUT2D eigenvalue weighted by molar-refractivity contribution is 7.22. The number of nitrogens with one attached hydrogen (secondary N) is 2. The number of fused-ring (bicyclic) bond motifs is 1. The van der Waals surface area contributed by atoms with Crippen LogP contribution in [0.25, 0.3) is 20.7 Å². The van der Waals surface area contributed by atoms with Crippen LogP contribution in [0.1, 0.15) is 56.8 Å². The molecule has 2 amide bonds. The number of carbonyl (C=O) groups excluding carboxylic acids is 2. The lowest BCUT2D eigenvalue weighted by molar-refractivity contribution is 0.0915. The molecule has 2 heterocycles. The number of aromatic nitrogens is 1. The van der Waals surface area contributed by atoms with Gasteiger partial charge < -0.3 is 15.4 Å². The minimum Gasteiger partial charge on any atom is -0.449 e. The van der Waals surface area contributed by atoms with Crippen LogP contribution in [0.5, 0.6) is 0 Å². The molecule has 2 N–H and O–H groups in total. The first-order valence-corrected chi connectivity index (χ1v) is 12.8. The summed E-state index contributed by atoms with van der Waals surface area (Å²) in [4.78, 5) is 30.2. The Morgan fingerprint density at radius 3 is 2.53 bits per heavy atom. The molecule has 180 valence electrons. The van der Waals surface area contributed by atoms with E-state index in [0.717, 1.165) is 36.3 Å². The lowest BCUT2D eigenvalue weighted by Crippen LogP contribution is -2.41. The van der Waals surface area contributed by atoms with Crippen molar-refractivity contribution in [3.8, 4) is 10.6 Å². The normalized spacial score (nSPS) is 18.4. The van der Waals surface area contributed by atoms with Crippen molar-refractivity contribution in [2.45, 2.75) is 52.0 Å². The molecular formula is C27H33N3O3S. The predicted molar refractivity (Wildman–Crippen MR) is 137 cm³/mol. The van der Waals surface area contributed by atoms with E-state index >= 15 is 0 Å². The summed E-state index contributed by atoms with van der Waals surface area (Å²) in [6, 6.07) is 14.0. The number of thiophene rings is 1. The average molecular weight is 480 g/mol. The van der Waals surface area contributed by atoms with E-state index in [4.69, 9.17) is 4.74 Å². The van der Waals surface area contributed by atoms with Gasteiger partial charge in [0.15, 0.2) is 0 Å². The van der Waals surface area contributed by atoms with Gasteiger partial charge in [0.1, 0.15) is 0 Å². The molecule has 1 fully saturated rings. The van der Waals surface area contributed by atoms with Gasteiger partial charge in [-0.25, -0.2) is 4.79 Å². The fraction of sp³-hybridized carbons (Fsp3) is 0.444. The van der Waals surface area contributed by atoms with Crippen molar-refractivity contribution < 1.29 is 14.3 Å². The number of nitrogens with zero attached hydrogens (tertiary/aromatic N) is 1. The number of alkyl carbamates (subject to hydrolysis) is 1. The zero-order chi connectivity index (χ0) is 24.1. The van der Waals surface area contributed by atoms with Crippen molar-refractivity contribution in [3.63, 3.8) is 0 Å². The van der Waals surface area contributed by atoms with E-state index in [1.165, 1.54) is 10.1 Å². The topological polar surface area (TPSA) is 80.3 Å². The Labute approximate surface area is 205 Å². The molecule has 6 nitrogen and oxygen atoms in total. The van der Waals surface area contributed by atoms with Gasteiger partial charge in [-0.1, -0.05) is 18.2 Å². The van der Waals surface area contributed by atoms with Crippen LogP contribution in [0, 0.1) is 11.8 Å². The number of rotatable bonds is 6. The Kier molecular flexibility index (Phi) is 7.51. The molecule has 0 spiro atoms. The van der Waals surface area contributed by atoms with Gasteiger partial charge in [-0.2, -0.15) is 0 Å². The van der Waals surface area contributed by atoms with Crippen LogP contribution in [0.2, 0.25) is 0 Å². The summed E-state index contributed by atoms with van der Waals surface area (Å²) in [5, 5.41) is 7.12. The molecule has 0 aliphatic heterocycles. The third kappa shape index (κ3) is 6.56. The third-order valence-corrected chi connectivity index (χ3v) is 7.28. The monoisotopic (exact) mass is 479 g/mol. The number of ether oxygens (including phenoxy) is 1. The Balaban J connectivity index is 1.24. The van der Waals surface area contributed by atoms with Gasteiger partial charge in [0, 0.05) is 28.5 Å². The maximum absolute atomic E-state index is 12.8. The molecule has 0 saturated heterocycles. The highest BCUT2D eigenvalue weighted by atomic mass is 32.1. The Hall–Kier alpha value is -2.93. The fourth-order valence-electron chi connectivity index (χ4n) is 4.29. The lowest BCUT2D eigenvalue weighted by atomic mass is 9.82. The first kappa shape index (κ1) is 24.2. The minimum atomic E-state index is -0.353. The van der Waals surface area contributed by atoms with Crippen LogP contribution in [-0.2, 0) is 4.74 Å². The van der Waals surface area contributed by atoms with E-state index in [1.54, 1.807) is 23.6 Å². The Morgan fingerprint density at radius 1 is 1.06 bits per heavy atom. The number of hydrogen-bond donors (Lipinski definition) is 2. The zero-order valence-electron chi connectivity index (χ0n) is 20.1. The molecule has 3 aromatic rings. The summed E-state index contributed by atoms with van der Waals surface area (Å²) in [5.41, 5.74) is 1.17. The molecule has 34 heavy (non-hydrogen) atoms. The van der Waals surface area contributed by atoms with Crippen LogP contribution in [-0.4, -0.2) is 35.7 Å². The largest absolute Gasteiger partial charge is 0.449 e. The molecule has 0 bridgehead atoms. The van der Waals surface area contributed by atoms with Crippen molar-refractivity contribution in [2.75, 3.05) is 13.2 Å². The van der Waals surface area contributed by atoms with Crippen molar-refractivity contribution in [1.29, 1.82) is 0 Å². The van der Waals surface area contributed by atoms with Gasteiger partial charge in [0.05, 0.1) is 17.2 Å². The van der Waals surface area contributed by atoms with E-state index in [2.05, 4.69) is 33.8 Å². The van der Waals surface area contributed by atoms with E-state index in [-0.39, 0.29) is 17.5 Å². The molecule has 1 aromatic carbocycles. The van der Waals surface area contributed by atoms with Gasteiger partial charge in [-0.15, -0.1) is 11.3 Å². The molecule has 0 unspecified atom stereocenters. The summed E-state index contributed by atoms with van der Waals surface area (Å²) < 4.78 is 6.60. The Bertz CT molecular complexity index is 1110. The van der Waals surface area contributed by atoms with Crippen molar-refractivity contribution in [2.24, 2.45) is 11.8 Å². The minimum absolute atomic E-state index is 0.0610. The molecule has 1 aliphatic rings. The quantitative estimate of drug-likeness (QED) is 0.453. The number of amides is 2. The maximum Gasteiger partial charge on any atom is 0.407 e. The standard InChI is InChI=1S/C27H33N3O3S/c1-27(2,3)30-26(32)33-17-19-10-8-18(9-11-19)16-29-25(31)21-12-13-28-22(14-21)24-15-20-6-4-5-7-23(20)34-24/h4-7,12-15,18-19H,8-11,16-17H2,1-3H3,(H,29,31)(H,30,32). The van der Waals surface area contributed by atoms with Crippen LogP contribution < -0.4 is 10.6 Å². The molecule has 1 aliphatic carbocycles. The number of pyridine rings is 1. The van der Waals surface area contributed by atoms with E-state index in [1.807, 2.05) is 39.0 Å². The smallest absolute Gasteiger partial charge is 0.407 e. The number of carbonyl (C=O) groups is 2. The van der Waals surface area contributed by atoms with Gasteiger partial charge in [0.25, 0.3) is 5.91 Å². The number of hydrogen-bond acceptors (Lipinski definition) is 5. The summed E-state index contributed by atoms with van der Waals surface area (Å²) in [7, 11) is 0. The van der Waals surface area contributed by atoms with Gasteiger partial charge in [-0.05, 0) is 87.9 Å². The summed E-state index contributed by atoms with van der Waals surface area (Å²) in [6.45, 7) is 6.93. The van der Waals surface area contributed by atoms with Gasteiger partial charge >= 0.3 is 6.09 Å². The summed E-state index contributed by atoms with van der Waals surface area (Å²) >= 11 is 1.69. The van der Waals surface area contributed by atoms with E-state index < -0.39 is 0 Å². The predicted octanol–water partition coefficient (Wildman–Crippen LogP) is 6.02. The van der Waals surface area contributed by atoms with Crippen LogP contribution in [0.4, 0.5) is 4.79 Å². The van der Waals surface area contributed by atoms with Gasteiger partial charge in [-0.3, -0.25) is 9.78 Å². The summed E-state index contributed by atoms with van der Waals surface area (Å²) in [5.74, 6) is 0.781. The van der Waals surface area contributed by atoms with E-state index in [0.29, 0.717) is 30.6 Å². The average Bonchev–Trinajstić information content (AvgIpc) is 3.25. The van der Waals surface area contributed by atoms with Crippen LogP contribution in [0.3, 0.4) is 0 Å². The molecule has 7 heteroatoms. The SMILES string of the molecule is CC(C)(C)NC(=O)OCC1CCC(CNC(=O)c2ccnc(-c3cc4ccccc4s3)c2)CC1. The molecule has 1 saturated carbocycles. The van der Waals surface area contributed by atoms with E-state index in [9.17, 15) is 9.59 Å². The first-order chi connectivity index (χ1) is 16.3. The Morgan fingerprint density at radius 2 is 1.79 bits per heavy atom. The highest BCUT2D eigenvalue weighted by Gasteiger charge is 2.24. The molecule has 4 rings (SSSR count). The van der Waals surface area contributed by atoms with Crippen LogP contribution >= 0.6 is 11.3 Å². The van der Waals surface area contributed by atoms with Crippen molar-refractivity contribution >= 4 is 33.4 Å². The second-order valence-corrected chi connectivity index (χ2v) is 11.2. The maximum atomic E-state index is 12.8. The summed E-state index contributed by atoms with van der Waals surface area (Å²) in [6.07, 6.45) is 5.42.